The van der Waals surface area contributed by atoms with E-state index in [0.29, 0.717) is 11.6 Å². The van der Waals surface area contributed by atoms with E-state index in [1.807, 2.05) is 24.3 Å². The van der Waals surface area contributed by atoms with E-state index in [2.05, 4.69) is 5.32 Å². The Balaban J connectivity index is 1.85. The molecule has 0 radical (unpaired) electrons. The fourth-order valence-electron chi connectivity index (χ4n) is 2.57. The zero-order valence-corrected chi connectivity index (χ0v) is 11.5. The van der Waals surface area contributed by atoms with E-state index in [9.17, 15) is 9.18 Å². The second kappa shape index (κ2) is 5.25. The standard InChI is InChI=1S/C16H13ClFNO/c17-13-5-3-6-14(18)11(13)8-16(20)12-9-19-15-7-2-1-4-10(12)15/h1-7,12,19H,8-9H2. The molecule has 2 aromatic rings. The summed E-state index contributed by atoms with van der Waals surface area (Å²) in [6.07, 6.45) is 0.0200. The second-order valence-electron chi connectivity index (χ2n) is 4.86. The predicted molar refractivity (Wildman–Crippen MR) is 77.8 cm³/mol. The Morgan fingerprint density at radius 3 is 2.85 bits per heavy atom. The van der Waals surface area contributed by atoms with Crippen LogP contribution in [-0.2, 0) is 11.2 Å². The van der Waals surface area contributed by atoms with Crippen molar-refractivity contribution >= 4 is 23.1 Å². The summed E-state index contributed by atoms with van der Waals surface area (Å²) in [7, 11) is 0. The predicted octanol–water partition coefficient (Wildman–Crippen LogP) is 3.80. The first kappa shape index (κ1) is 13.1. The number of ketones is 1. The Bertz CT molecular complexity index is 651. The number of Topliss-reactive ketones (excluding diaryl/α,β-unsaturated/α-hetero) is 1. The van der Waals surface area contributed by atoms with Gasteiger partial charge in [-0.3, -0.25) is 4.79 Å². The number of fused-ring (bicyclic) bond motifs is 1. The molecule has 0 fully saturated rings. The van der Waals surface area contributed by atoms with Crippen LogP contribution >= 0.6 is 11.6 Å². The van der Waals surface area contributed by atoms with Gasteiger partial charge in [0.15, 0.2) is 0 Å². The van der Waals surface area contributed by atoms with Crippen molar-refractivity contribution in [3.8, 4) is 0 Å². The van der Waals surface area contributed by atoms with Gasteiger partial charge >= 0.3 is 0 Å². The van der Waals surface area contributed by atoms with Gasteiger partial charge in [0, 0.05) is 29.2 Å². The molecule has 1 heterocycles. The molecule has 1 aliphatic heterocycles. The number of para-hydroxylation sites is 1. The van der Waals surface area contributed by atoms with Crippen LogP contribution in [0.2, 0.25) is 5.02 Å². The molecule has 0 bridgehead atoms. The molecule has 1 unspecified atom stereocenters. The summed E-state index contributed by atoms with van der Waals surface area (Å²) in [5.74, 6) is -0.679. The molecule has 2 aromatic carbocycles. The molecule has 20 heavy (non-hydrogen) atoms. The zero-order chi connectivity index (χ0) is 14.1. The third-order valence-electron chi connectivity index (χ3n) is 3.63. The maximum atomic E-state index is 13.7. The Labute approximate surface area is 121 Å². The van der Waals surface area contributed by atoms with Crippen molar-refractivity contribution in [1.29, 1.82) is 0 Å². The molecule has 0 aliphatic carbocycles. The van der Waals surface area contributed by atoms with Crippen molar-refractivity contribution in [2.45, 2.75) is 12.3 Å². The number of benzene rings is 2. The smallest absolute Gasteiger partial charge is 0.146 e. The van der Waals surface area contributed by atoms with E-state index < -0.39 is 5.82 Å². The van der Waals surface area contributed by atoms with E-state index in [4.69, 9.17) is 11.6 Å². The quantitative estimate of drug-likeness (QED) is 0.931. The van der Waals surface area contributed by atoms with Crippen LogP contribution in [0.1, 0.15) is 17.0 Å². The van der Waals surface area contributed by atoms with E-state index in [1.54, 1.807) is 6.07 Å². The molecule has 2 nitrogen and oxygen atoms in total. The van der Waals surface area contributed by atoms with Gasteiger partial charge in [-0.25, -0.2) is 4.39 Å². The summed E-state index contributed by atoms with van der Waals surface area (Å²) in [4.78, 5) is 12.4. The summed E-state index contributed by atoms with van der Waals surface area (Å²) in [6.45, 7) is 0.560. The van der Waals surface area contributed by atoms with E-state index in [-0.39, 0.29) is 23.7 Å². The topological polar surface area (TPSA) is 29.1 Å². The van der Waals surface area contributed by atoms with Crippen LogP contribution in [-0.4, -0.2) is 12.3 Å². The largest absolute Gasteiger partial charge is 0.384 e. The van der Waals surface area contributed by atoms with Crippen LogP contribution in [0, 0.1) is 5.82 Å². The van der Waals surface area contributed by atoms with Gasteiger partial charge < -0.3 is 5.32 Å². The number of nitrogens with one attached hydrogen (secondary N) is 1. The Morgan fingerprint density at radius 1 is 1.25 bits per heavy atom. The van der Waals surface area contributed by atoms with Crippen molar-refractivity contribution in [1.82, 2.24) is 0 Å². The third kappa shape index (κ3) is 2.29. The Kier molecular flexibility index (Phi) is 3.45. The Hall–Kier alpha value is -1.87. The van der Waals surface area contributed by atoms with Gasteiger partial charge in [-0.05, 0) is 23.8 Å². The molecule has 0 saturated carbocycles. The fourth-order valence-corrected chi connectivity index (χ4v) is 2.80. The second-order valence-corrected chi connectivity index (χ2v) is 5.27. The first-order valence-electron chi connectivity index (χ1n) is 6.45. The average molecular weight is 290 g/mol. The molecule has 4 heteroatoms. The lowest BCUT2D eigenvalue weighted by Crippen LogP contribution is -2.17. The van der Waals surface area contributed by atoms with Gasteiger partial charge in [-0.2, -0.15) is 0 Å². The first-order valence-corrected chi connectivity index (χ1v) is 6.83. The van der Waals surface area contributed by atoms with Crippen LogP contribution < -0.4 is 5.32 Å². The molecular weight excluding hydrogens is 277 g/mol. The van der Waals surface area contributed by atoms with Crippen molar-refractivity contribution in [3.05, 3.63) is 64.4 Å². The zero-order valence-electron chi connectivity index (χ0n) is 10.7. The minimum absolute atomic E-state index is 0.0190. The normalized spacial score (nSPS) is 16.6. The van der Waals surface area contributed by atoms with Crippen LogP contribution in [0.15, 0.2) is 42.5 Å². The summed E-state index contributed by atoms with van der Waals surface area (Å²) in [5.41, 5.74) is 2.24. The molecule has 0 amide bonds. The summed E-state index contributed by atoms with van der Waals surface area (Å²) < 4.78 is 13.7. The maximum absolute atomic E-state index is 13.7. The van der Waals surface area contributed by atoms with Crippen molar-refractivity contribution < 1.29 is 9.18 Å². The molecule has 1 atom stereocenters. The van der Waals surface area contributed by atoms with Crippen molar-refractivity contribution in [2.75, 3.05) is 11.9 Å². The number of carbonyl (C=O) groups excluding carboxylic acids is 1. The van der Waals surface area contributed by atoms with E-state index >= 15 is 0 Å². The molecule has 0 spiro atoms. The number of carbonyl (C=O) groups is 1. The number of hydrogen-bond donors (Lipinski definition) is 1. The third-order valence-corrected chi connectivity index (χ3v) is 3.99. The monoisotopic (exact) mass is 289 g/mol. The summed E-state index contributed by atoms with van der Waals surface area (Å²) in [5, 5.41) is 3.50. The minimum atomic E-state index is -0.426. The van der Waals surface area contributed by atoms with Gasteiger partial charge in [0.1, 0.15) is 11.6 Å². The van der Waals surface area contributed by atoms with Crippen molar-refractivity contribution in [3.63, 3.8) is 0 Å². The van der Waals surface area contributed by atoms with Crippen LogP contribution in [0.3, 0.4) is 0 Å². The van der Waals surface area contributed by atoms with Gasteiger partial charge in [-0.1, -0.05) is 35.9 Å². The molecule has 0 aromatic heterocycles. The SMILES string of the molecule is O=C(Cc1c(F)cccc1Cl)C1CNc2ccccc21. The van der Waals surface area contributed by atoms with Crippen LogP contribution in [0.25, 0.3) is 0 Å². The number of halogens is 2. The average Bonchev–Trinajstić information content (AvgIpc) is 2.87. The summed E-state index contributed by atoms with van der Waals surface area (Å²) >= 11 is 5.97. The highest BCUT2D eigenvalue weighted by Gasteiger charge is 2.28. The van der Waals surface area contributed by atoms with Gasteiger partial charge in [0.05, 0.1) is 5.92 Å². The lowest BCUT2D eigenvalue weighted by molar-refractivity contribution is -0.119. The number of hydrogen-bond acceptors (Lipinski definition) is 2. The number of rotatable bonds is 3. The number of anilines is 1. The highest BCUT2D eigenvalue weighted by Crippen LogP contribution is 2.33. The lowest BCUT2D eigenvalue weighted by Gasteiger charge is -2.10. The Morgan fingerprint density at radius 2 is 2.05 bits per heavy atom. The highest BCUT2D eigenvalue weighted by atomic mass is 35.5. The van der Waals surface area contributed by atoms with E-state index in [1.165, 1.54) is 12.1 Å². The molecule has 3 rings (SSSR count). The van der Waals surface area contributed by atoms with Gasteiger partial charge in [0.25, 0.3) is 0 Å². The molecule has 1 aliphatic rings. The highest BCUT2D eigenvalue weighted by molar-refractivity contribution is 6.31. The summed E-state index contributed by atoms with van der Waals surface area (Å²) in [6, 6.07) is 12.2. The first-order chi connectivity index (χ1) is 9.66. The van der Waals surface area contributed by atoms with Gasteiger partial charge in [-0.15, -0.1) is 0 Å². The van der Waals surface area contributed by atoms with Gasteiger partial charge in [0.2, 0.25) is 0 Å². The molecule has 102 valence electrons. The molecular formula is C16H13ClFNO. The lowest BCUT2D eigenvalue weighted by atomic mass is 9.92. The fraction of sp³-hybridized carbons (Fsp3) is 0.188. The van der Waals surface area contributed by atoms with Crippen molar-refractivity contribution in [2.24, 2.45) is 0 Å². The minimum Gasteiger partial charge on any atom is -0.384 e. The molecule has 0 saturated heterocycles. The van der Waals surface area contributed by atoms with Crippen LogP contribution in [0.5, 0.6) is 0 Å². The molecule has 1 N–H and O–H groups in total. The van der Waals surface area contributed by atoms with E-state index in [0.717, 1.165) is 11.3 Å². The maximum Gasteiger partial charge on any atom is 0.146 e. The van der Waals surface area contributed by atoms with Crippen LogP contribution in [0.4, 0.5) is 10.1 Å².